The van der Waals surface area contributed by atoms with Crippen molar-refractivity contribution in [2.45, 2.75) is 19.9 Å². The lowest BCUT2D eigenvalue weighted by molar-refractivity contribution is -0.115. The molecule has 0 unspecified atom stereocenters. The molecule has 0 saturated heterocycles. The number of amides is 2. The van der Waals surface area contributed by atoms with Crippen LogP contribution in [-0.2, 0) is 4.79 Å². The number of likely N-dealkylation sites (N-methyl/N-ethyl adjacent to an activating group) is 1. The molecule has 1 aromatic rings. The molecule has 0 radical (unpaired) electrons. The minimum absolute atomic E-state index is 0. The second-order valence-electron chi connectivity index (χ2n) is 4.40. The van der Waals surface area contributed by atoms with Crippen molar-refractivity contribution in [3.8, 4) is 0 Å². The van der Waals surface area contributed by atoms with Crippen LogP contribution in [0.25, 0.3) is 0 Å². The lowest BCUT2D eigenvalue weighted by atomic mass is 10.1. The maximum Gasteiger partial charge on any atom is 0.253 e. The zero-order chi connectivity index (χ0) is 14.4. The summed E-state index contributed by atoms with van der Waals surface area (Å²) in [4.78, 5) is 23.6. The summed E-state index contributed by atoms with van der Waals surface area (Å²) in [6.07, 6.45) is 0. The van der Waals surface area contributed by atoms with Gasteiger partial charge in [-0.05, 0) is 39.1 Å². The Hall–Kier alpha value is -1.30. The number of hydrogen-bond acceptors (Lipinski definition) is 3. The van der Waals surface area contributed by atoms with Gasteiger partial charge in [-0.25, -0.2) is 0 Å². The number of anilines is 1. The SMILES string of the molecule is CNCC(=O)Nc1cc(Cl)ccc1C(=O)NC(C)C.Cl. The molecule has 5 nitrogen and oxygen atoms in total. The quantitative estimate of drug-likeness (QED) is 0.778. The van der Waals surface area contributed by atoms with Crippen molar-refractivity contribution in [1.29, 1.82) is 0 Å². The molecule has 0 heterocycles. The topological polar surface area (TPSA) is 70.2 Å². The minimum Gasteiger partial charge on any atom is -0.350 e. The summed E-state index contributed by atoms with van der Waals surface area (Å²) in [6, 6.07) is 4.79. The molecular weight excluding hydrogens is 301 g/mol. The van der Waals surface area contributed by atoms with Crippen LogP contribution in [0.2, 0.25) is 5.02 Å². The Morgan fingerprint density at radius 1 is 1.30 bits per heavy atom. The molecule has 1 rings (SSSR count). The van der Waals surface area contributed by atoms with Crippen molar-refractivity contribution in [2.24, 2.45) is 0 Å². The summed E-state index contributed by atoms with van der Waals surface area (Å²) in [5, 5.41) is 8.63. The van der Waals surface area contributed by atoms with Gasteiger partial charge in [-0.1, -0.05) is 11.6 Å². The fourth-order valence-electron chi connectivity index (χ4n) is 1.51. The Labute approximate surface area is 129 Å². The molecular formula is C13H19Cl2N3O2. The van der Waals surface area contributed by atoms with Crippen LogP contribution in [0.15, 0.2) is 18.2 Å². The van der Waals surface area contributed by atoms with E-state index >= 15 is 0 Å². The molecule has 0 aliphatic carbocycles. The van der Waals surface area contributed by atoms with E-state index in [0.29, 0.717) is 16.3 Å². The van der Waals surface area contributed by atoms with Crippen LogP contribution in [0, 0.1) is 0 Å². The van der Waals surface area contributed by atoms with Gasteiger partial charge in [-0.3, -0.25) is 9.59 Å². The first-order valence-electron chi connectivity index (χ1n) is 5.99. The predicted octanol–water partition coefficient (Wildman–Crippen LogP) is 2.06. The van der Waals surface area contributed by atoms with Crippen molar-refractivity contribution < 1.29 is 9.59 Å². The maximum absolute atomic E-state index is 12.0. The van der Waals surface area contributed by atoms with E-state index in [-0.39, 0.29) is 36.8 Å². The van der Waals surface area contributed by atoms with Gasteiger partial charge in [0, 0.05) is 11.1 Å². The second-order valence-corrected chi connectivity index (χ2v) is 4.83. The number of nitrogens with one attached hydrogen (secondary N) is 3. The highest BCUT2D eigenvalue weighted by Gasteiger charge is 2.14. The van der Waals surface area contributed by atoms with Gasteiger partial charge in [0.05, 0.1) is 17.8 Å². The van der Waals surface area contributed by atoms with Gasteiger partial charge in [0.25, 0.3) is 5.91 Å². The molecule has 0 fully saturated rings. The molecule has 0 spiro atoms. The molecule has 0 aromatic heterocycles. The van der Waals surface area contributed by atoms with Crippen LogP contribution in [0.3, 0.4) is 0 Å². The monoisotopic (exact) mass is 319 g/mol. The molecule has 3 N–H and O–H groups in total. The molecule has 112 valence electrons. The van der Waals surface area contributed by atoms with Crippen LogP contribution in [0.1, 0.15) is 24.2 Å². The number of rotatable bonds is 5. The predicted molar refractivity (Wildman–Crippen MR) is 83.9 cm³/mol. The van der Waals surface area contributed by atoms with Gasteiger partial charge in [-0.2, -0.15) is 0 Å². The van der Waals surface area contributed by atoms with Crippen LogP contribution < -0.4 is 16.0 Å². The first-order chi connectivity index (χ1) is 8.93. The van der Waals surface area contributed by atoms with Crippen LogP contribution in [0.5, 0.6) is 0 Å². The Morgan fingerprint density at radius 2 is 1.95 bits per heavy atom. The highest BCUT2D eigenvalue weighted by atomic mass is 35.5. The van der Waals surface area contributed by atoms with Gasteiger partial charge in [0.2, 0.25) is 5.91 Å². The molecule has 0 aliphatic rings. The second kappa shape index (κ2) is 8.79. The lowest BCUT2D eigenvalue weighted by Gasteiger charge is -2.13. The summed E-state index contributed by atoms with van der Waals surface area (Å²) in [6.45, 7) is 3.90. The third-order valence-corrected chi connectivity index (χ3v) is 2.49. The highest BCUT2D eigenvalue weighted by Crippen LogP contribution is 2.21. The number of carbonyl (C=O) groups is 2. The van der Waals surface area contributed by atoms with E-state index in [4.69, 9.17) is 11.6 Å². The van der Waals surface area contributed by atoms with E-state index in [9.17, 15) is 9.59 Å². The van der Waals surface area contributed by atoms with E-state index in [1.54, 1.807) is 25.2 Å². The van der Waals surface area contributed by atoms with Crippen LogP contribution >= 0.6 is 24.0 Å². The summed E-state index contributed by atoms with van der Waals surface area (Å²) in [5.41, 5.74) is 0.799. The Bertz CT molecular complexity index is 479. The first kappa shape index (κ1) is 18.7. The van der Waals surface area contributed by atoms with Crippen molar-refractivity contribution in [3.05, 3.63) is 28.8 Å². The molecule has 0 atom stereocenters. The van der Waals surface area contributed by atoms with Crippen molar-refractivity contribution >= 4 is 41.5 Å². The third-order valence-electron chi connectivity index (χ3n) is 2.26. The number of hydrogen-bond donors (Lipinski definition) is 3. The Balaban J connectivity index is 0.00000361. The average molecular weight is 320 g/mol. The average Bonchev–Trinajstić information content (AvgIpc) is 2.28. The van der Waals surface area contributed by atoms with Crippen LogP contribution in [-0.4, -0.2) is 31.4 Å². The van der Waals surface area contributed by atoms with E-state index in [0.717, 1.165) is 0 Å². The number of halogens is 2. The van der Waals surface area contributed by atoms with E-state index in [1.165, 1.54) is 0 Å². The lowest BCUT2D eigenvalue weighted by Crippen LogP contribution is -2.32. The zero-order valence-corrected chi connectivity index (χ0v) is 13.2. The molecule has 0 saturated carbocycles. The van der Waals surface area contributed by atoms with Crippen molar-refractivity contribution in [3.63, 3.8) is 0 Å². The van der Waals surface area contributed by atoms with Gasteiger partial charge in [0.15, 0.2) is 0 Å². The fraction of sp³-hybridized carbons (Fsp3) is 0.385. The first-order valence-corrected chi connectivity index (χ1v) is 6.36. The standard InChI is InChI=1S/C13H18ClN3O2.ClH/c1-8(2)16-13(19)10-5-4-9(14)6-11(10)17-12(18)7-15-3;/h4-6,8,15H,7H2,1-3H3,(H,16,19)(H,17,18);1H. The largest absolute Gasteiger partial charge is 0.350 e. The fourth-order valence-corrected chi connectivity index (χ4v) is 1.68. The molecule has 0 aliphatic heterocycles. The van der Waals surface area contributed by atoms with Gasteiger partial charge < -0.3 is 16.0 Å². The molecule has 1 aromatic carbocycles. The summed E-state index contributed by atoms with van der Waals surface area (Å²) in [5.74, 6) is -0.477. The normalized spacial score (nSPS) is 9.85. The minimum atomic E-state index is -0.244. The Morgan fingerprint density at radius 3 is 2.50 bits per heavy atom. The summed E-state index contributed by atoms with van der Waals surface area (Å²) in [7, 11) is 1.67. The smallest absolute Gasteiger partial charge is 0.253 e. The van der Waals surface area contributed by atoms with E-state index in [2.05, 4.69) is 16.0 Å². The zero-order valence-electron chi connectivity index (χ0n) is 11.6. The van der Waals surface area contributed by atoms with E-state index in [1.807, 2.05) is 13.8 Å². The maximum atomic E-state index is 12.0. The van der Waals surface area contributed by atoms with E-state index < -0.39 is 0 Å². The number of carbonyl (C=O) groups excluding carboxylic acids is 2. The molecule has 2 amide bonds. The molecule has 0 bridgehead atoms. The van der Waals surface area contributed by atoms with Gasteiger partial charge in [0.1, 0.15) is 0 Å². The highest BCUT2D eigenvalue weighted by molar-refractivity contribution is 6.31. The Kier molecular flexibility index (Phi) is 8.22. The van der Waals surface area contributed by atoms with Gasteiger partial charge in [-0.15, -0.1) is 12.4 Å². The summed E-state index contributed by atoms with van der Waals surface area (Å²) < 4.78 is 0. The number of benzene rings is 1. The van der Waals surface area contributed by atoms with Crippen molar-refractivity contribution in [1.82, 2.24) is 10.6 Å². The molecule has 20 heavy (non-hydrogen) atoms. The summed E-state index contributed by atoms with van der Waals surface area (Å²) >= 11 is 5.89. The van der Waals surface area contributed by atoms with Crippen molar-refractivity contribution in [2.75, 3.05) is 18.9 Å². The van der Waals surface area contributed by atoms with Crippen LogP contribution in [0.4, 0.5) is 5.69 Å². The third kappa shape index (κ3) is 5.77. The molecule has 7 heteroatoms. The van der Waals surface area contributed by atoms with Gasteiger partial charge >= 0.3 is 0 Å².